The number of halogens is 1. The lowest BCUT2D eigenvalue weighted by atomic mass is 10.0. The van der Waals surface area contributed by atoms with E-state index >= 15 is 0 Å². The SMILES string of the molecule is CCCCCCCC[Si](C)(C)CCc1cccc(Cl)c1C(N)=O. The van der Waals surface area contributed by atoms with Gasteiger partial charge in [-0.05, 0) is 18.1 Å². The first kappa shape index (κ1) is 20.2. The number of hydrogen-bond acceptors (Lipinski definition) is 1. The zero-order chi connectivity index (χ0) is 17.3. The summed E-state index contributed by atoms with van der Waals surface area (Å²) in [5, 5.41) is 0.477. The molecule has 1 aromatic rings. The second kappa shape index (κ2) is 10.1. The molecule has 23 heavy (non-hydrogen) atoms. The van der Waals surface area contributed by atoms with Crippen molar-refractivity contribution >= 4 is 25.6 Å². The summed E-state index contributed by atoms with van der Waals surface area (Å²) in [5.41, 5.74) is 7.00. The number of unbranched alkanes of at least 4 members (excludes halogenated alkanes) is 5. The highest BCUT2D eigenvalue weighted by atomic mass is 35.5. The van der Waals surface area contributed by atoms with Crippen LogP contribution in [-0.2, 0) is 6.42 Å². The maximum absolute atomic E-state index is 11.6. The maximum Gasteiger partial charge on any atom is 0.250 e. The number of carbonyl (C=O) groups is 1. The van der Waals surface area contributed by atoms with Gasteiger partial charge in [0.05, 0.1) is 10.6 Å². The Morgan fingerprint density at radius 2 is 1.74 bits per heavy atom. The highest BCUT2D eigenvalue weighted by Gasteiger charge is 2.21. The van der Waals surface area contributed by atoms with Gasteiger partial charge < -0.3 is 5.73 Å². The fourth-order valence-corrected chi connectivity index (χ4v) is 5.73. The Bertz CT molecular complexity index is 502. The van der Waals surface area contributed by atoms with Crippen molar-refractivity contribution in [2.24, 2.45) is 5.73 Å². The lowest BCUT2D eigenvalue weighted by Crippen LogP contribution is -2.26. The van der Waals surface area contributed by atoms with Crippen LogP contribution in [0, 0.1) is 0 Å². The van der Waals surface area contributed by atoms with Gasteiger partial charge in [0.2, 0.25) is 5.91 Å². The van der Waals surface area contributed by atoms with Crippen LogP contribution in [0.25, 0.3) is 0 Å². The van der Waals surface area contributed by atoms with Crippen molar-refractivity contribution < 1.29 is 4.79 Å². The quantitative estimate of drug-likeness (QED) is 0.382. The molecule has 0 aliphatic heterocycles. The minimum absolute atomic E-state index is 0.416. The van der Waals surface area contributed by atoms with E-state index < -0.39 is 14.0 Å². The second-order valence-electron chi connectivity index (χ2n) is 7.32. The van der Waals surface area contributed by atoms with E-state index in [2.05, 4.69) is 20.0 Å². The van der Waals surface area contributed by atoms with Crippen LogP contribution in [-0.4, -0.2) is 14.0 Å². The molecule has 2 nitrogen and oxygen atoms in total. The Hall–Kier alpha value is -0.803. The van der Waals surface area contributed by atoms with Gasteiger partial charge in [-0.25, -0.2) is 0 Å². The second-order valence-corrected chi connectivity index (χ2v) is 13.1. The fraction of sp³-hybridized carbons (Fsp3) is 0.632. The van der Waals surface area contributed by atoms with Crippen LogP contribution in [0.4, 0.5) is 0 Å². The minimum Gasteiger partial charge on any atom is -0.366 e. The third-order valence-electron chi connectivity index (χ3n) is 4.62. The van der Waals surface area contributed by atoms with Crippen molar-refractivity contribution in [3.63, 3.8) is 0 Å². The summed E-state index contributed by atoms with van der Waals surface area (Å²) in [4.78, 5) is 11.6. The topological polar surface area (TPSA) is 43.1 Å². The number of carbonyl (C=O) groups excluding carboxylic acids is 1. The third-order valence-corrected chi connectivity index (χ3v) is 8.25. The largest absolute Gasteiger partial charge is 0.366 e. The molecule has 0 unspecified atom stereocenters. The fourth-order valence-electron chi connectivity index (χ4n) is 3.04. The maximum atomic E-state index is 11.6. The first-order valence-corrected chi connectivity index (χ1v) is 12.7. The van der Waals surface area contributed by atoms with Crippen LogP contribution < -0.4 is 5.73 Å². The Labute approximate surface area is 147 Å². The lowest BCUT2D eigenvalue weighted by molar-refractivity contribution is 0.0999. The van der Waals surface area contributed by atoms with Crippen LogP contribution in [0.2, 0.25) is 30.2 Å². The zero-order valence-electron chi connectivity index (χ0n) is 15.0. The number of benzene rings is 1. The Balaban J connectivity index is 2.47. The van der Waals surface area contributed by atoms with Crippen LogP contribution in [0.15, 0.2) is 18.2 Å². The predicted octanol–water partition coefficient (Wildman–Crippen LogP) is 6.05. The Kier molecular flexibility index (Phi) is 8.93. The highest BCUT2D eigenvalue weighted by molar-refractivity contribution is 6.77. The summed E-state index contributed by atoms with van der Waals surface area (Å²) < 4.78 is 0. The molecule has 0 aliphatic rings. The summed E-state index contributed by atoms with van der Waals surface area (Å²) in [6, 6.07) is 8.19. The van der Waals surface area contributed by atoms with Gasteiger partial charge in [-0.3, -0.25) is 4.79 Å². The monoisotopic (exact) mass is 353 g/mol. The van der Waals surface area contributed by atoms with Crippen molar-refractivity contribution in [2.45, 2.75) is 77.1 Å². The van der Waals surface area contributed by atoms with Crippen LogP contribution >= 0.6 is 11.6 Å². The molecule has 0 atom stereocenters. The molecule has 1 aromatic carbocycles. The number of nitrogens with two attached hydrogens (primary N) is 1. The molecule has 0 aromatic heterocycles. The summed E-state index contributed by atoms with van der Waals surface area (Å²) in [6.45, 7) is 7.16. The van der Waals surface area contributed by atoms with Crippen molar-refractivity contribution in [3.8, 4) is 0 Å². The number of primary amides is 1. The number of aryl methyl sites for hydroxylation is 1. The van der Waals surface area contributed by atoms with Gasteiger partial charge >= 0.3 is 0 Å². The molecule has 0 radical (unpaired) electrons. The van der Waals surface area contributed by atoms with E-state index in [-0.39, 0.29) is 0 Å². The molecule has 0 spiro atoms. The van der Waals surface area contributed by atoms with Gasteiger partial charge in [-0.2, -0.15) is 0 Å². The normalized spacial score (nSPS) is 11.7. The van der Waals surface area contributed by atoms with Crippen molar-refractivity contribution in [1.29, 1.82) is 0 Å². The summed E-state index contributed by atoms with van der Waals surface area (Å²) in [7, 11) is -1.22. The third kappa shape index (κ3) is 7.54. The molecule has 1 rings (SSSR count). The van der Waals surface area contributed by atoms with Gasteiger partial charge in [0.1, 0.15) is 0 Å². The smallest absolute Gasteiger partial charge is 0.250 e. The molecular weight excluding hydrogens is 322 g/mol. The predicted molar refractivity (Wildman–Crippen MR) is 104 cm³/mol. The molecule has 0 saturated heterocycles. The molecule has 0 aliphatic carbocycles. The minimum atomic E-state index is -1.22. The number of rotatable bonds is 11. The molecular formula is C19H32ClNOSi. The van der Waals surface area contributed by atoms with Crippen molar-refractivity contribution in [3.05, 3.63) is 34.3 Å². The average Bonchev–Trinajstić information content (AvgIpc) is 2.48. The van der Waals surface area contributed by atoms with E-state index in [9.17, 15) is 4.79 Å². The molecule has 0 heterocycles. The van der Waals surface area contributed by atoms with Crippen LogP contribution in [0.3, 0.4) is 0 Å². The van der Waals surface area contributed by atoms with E-state index in [1.807, 2.05) is 12.1 Å². The lowest BCUT2D eigenvalue weighted by Gasteiger charge is -2.23. The van der Waals surface area contributed by atoms with Crippen LogP contribution in [0.1, 0.15) is 61.4 Å². The average molecular weight is 354 g/mol. The van der Waals surface area contributed by atoms with Crippen molar-refractivity contribution in [1.82, 2.24) is 0 Å². The standard InChI is InChI=1S/C19H32ClNOSi/c1-4-5-6-7-8-9-14-23(2,3)15-13-16-11-10-12-17(20)18(16)19(21)22/h10-12H,4-9,13-15H2,1-3H3,(H2,21,22). The van der Waals surface area contributed by atoms with Crippen molar-refractivity contribution in [2.75, 3.05) is 0 Å². The zero-order valence-corrected chi connectivity index (χ0v) is 16.7. The van der Waals surface area contributed by atoms with E-state index in [1.54, 1.807) is 6.07 Å². The van der Waals surface area contributed by atoms with E-state index in [4.69, 9.17) is 17.3 Å². The van der Waals surface area contributed by atoms with E-state index in [0.29, 0.717) is 10.6 Å². The molecule has 1 amide bonds. The van der Waals surface area contributed by atoms with Gasteiger partial charge in [-0.1, -0.05) is 94.4 Å². The Morgan fingerprint density at radius 3 is 2.39 bits per heavy atom. The Morgan fingerprint density at radius 1 is 1.09 bits per heavy atom. The molecule has 0 fully saturated rings. The summed E-state index contributed by atoms with van der Waals surface area (Å²) >= 11 is 6.13. The first-order chi connectivity index (χ1) is 10.9. The van der Waals surface area contributed by atoms with Gasteiger partial charge in [0.25, 0.3) is 0 Å². The molecule has 4 heteroatoms. The van der Waals surface area contributed by atoms with E-state index in [1.165, 1.54) is 50.6 Å². The van der Waals surface area contributed by atoms with E-state index in [0.717, 1.165) is 12.0 Å². The molecule has 0 bridgehead atoms. The molecule has 0 saturated carbocycles. The van der Waals surface area contributed by atoms with Crippen LogP contribution in [0.5, 0.6) is 0 Å². The number of amides is 1. The number of hydrogen-bond donors (Lipinski definition) is 1. The molecule has 130 valence electrons. The highest BCUT2D eigenvalue weighted by Crippen LogP contribution is 2.26. The molecule has 2 N–H and O–H groups in total. The first-order valence-electron chi connectivity index (χ1n) is 8.94. The summed E-state index contributed by atoms with van der Waals surface area (Å²) in [5.74, 6) is -0.416. The van der Waals surface area contributed by atoms with Gasteiger partial charge in [-0.15, -0.1) is 0 Å². The van der Waals surface area contributed by atoms with Gasteiger partial charge in [0, 0.05) is 8.07 Å². The van der Waals surface area contributed by atoms with Gasteiger partial charge in [0.15, 0.2) is 0 Å². The summed E-state index contributed by atoms with van der Waals surface area (Å²) in [6.07, 6.45) is 9.05.